The molecule has 1 heterocycles. The summed E-state index contributed by atoms with van der Waals surface area (Å²) in [7, 11) is 0. The van der Waals surface area contributed by atoms with Gasteiger partial charge >= 0.3 is 6.01 Å². The van der Waals surface area contributed by atoms with Crippen molar-refractivity contribution in [3.05, 3.63) is 27.7 Å². The number of benzene rings is 1. The number of ether oxygens (including phenoxy) is 1. The summed E-state index contributed by atoms with van der Waals surface area (Å²) < 4.78 is 6.09. The highest BCUT2D eigenvalue weighted by Gasteiger charge is 2.10. The van der Waals surface area contributed by atoms with Gasteiger partial charge in [-0.15, -0.1) is 0 Å². The molecule has 0 amide bonds. The first kappa shape index (κ1) is 15.8. The molecule has 0 radical (unpaired) electrons. The van der Waals surface area contributed by atoms with Crippen LogP contribution in [-0.2, 0) is 0 Å². The van der Waals surface area contributed by atoms with Gasteiger partial charge in [-0.2, -0.15) is 15.0 Å². The highest BCUT2D eigenvalue weighted by atomic mass is 79.9. The van der Waals surface area contributed by atoms with Crippen LogP contribution in [-0.4, -0.2) is 28.1 Å². The number of aromatic nitrogens is 3. The molecule has 0 saturated heterocycles. The molecule has 0 unspecified atom stereocenters. The Morgan fingerprint density at radius 3 is 2.67 bits per heavy atom. The molecule has 6 nitrogen and oxygen atoms in total. The molecule has 2 rings (SSSR count). The Bertz CT molecular complexity index is 601. The number of anilines is 3. The second-order valence-electron chi connectivity index (χ2n) is 3.95. The first-order valence-corrected chi connectivity index (χ1v) is 7.65. The normalized spacial score (nSPS) is 10.3. The van der Waals surface area contributed by atoms with Gasteiger partial charge in [0.25, 0.3) is 0 Å². The Labute approximate surface area is 136 Å². The van der Waals surface area contributed by atoms with Crippen LogP contribution in [0.15, 0.2) is 22.7 Å². The van der Waals surface area contributed by atoms with Crippen LogP contribution in [0.4, 0.5) is 17.6 Å². The number of rotatable bonds is 6. The van der Waals surface area contributed by atoms with Gasteiger partial charge in [-0.1, -0.05) is 17.7 Å². The van der Waals surface area contributed by atoms with E-state index in [1.54, 1.807) is 6.07 Å². The lowest BCUT2D eigenvalue weighted by molar-refractivity contribution is 0.312. The zero-order valence-corrected chi connectivity index (χ0v) is 14.0. The minimum absolute atomic E-state index is 0.268. The maximum Gasteiger partial charge on any atom is 0.323 e. The van der Waals surface area contributed by atoms with Crippen LogP contribution in [0.2, 0.25) is 5.02 Å². The van der Waals surface area contributed by atoms with Gasteiger partial charge in [0, 0.05) is 6.54 Å². The first-order chi connectivity index (χ1) is 10.1. The van der Waals surface area contributed by atoms with Crippen LogP contribution in [0.25, 0.3) is 0 Å². The van der Waals surface area contributed by atoms with Crippen LogP contribution in [0.1, 0.15) is 13.8 Å². The Balaban J connectivity index is 2.31. The molecule has 0 spiro atoms. The van der Waals surface area contributed by atoms with E-state index >= 15 is 0 Å². The van der Waals surface area contributed by atoms with E-state index in [-0.39, 0.29) is 6.01 Å². The number of hydrogen-bond donors (Lipinski definition) is 2. The number of nitrogens with one attached hydrogen (secondary N) is 2. The van der Waals surface area contributed by atoms with Crippen LogP contribution in [0.5, 0.6) is 6.01 Å². The number of nitrogens with zero attached hydrogens (tertiary/aromatic N) is 3. The first-order valence-electron chi connectivity index (χ1n) is 6.47. The van der Waals surface area contributed by atoms with Gasteiger partial charge < -0.3 is 15.4 Å². The van der Waals surface area contributed by atoms with Gasteiger partial charge in [-0.3, -0.25) is 0 Å². The van der Waals surface area contributed by atoms with Gasteiger partial charge in [-0.05, 0) is 41.9 Å². The number of halogens is 2. The summed E-state index contributed by atoms with van der Waals surface area (Å²) in [6.07, 6.45) is 0. The summed E-state index contributed by atoms with van der Waals surface area (Å²) in [5, 5.41) is 6.74. The van der Waals surface area contributed by atoms with E-state index in [2.05, 4.69) is 41.5 Å². The van der Waals surface area contributed by atoms with E-state index in [0.29, 0.717) is 30.1 Å². The Hall–Kier alpha value is -1.60. The third-order valence-electron chi connectivity index (χ3n) is 2.42. The molecule has 2 aromatic rings. The predicted molar refractivity (Wildman–Crippen MR) is 87.6 cm³/mol. The molecule has 0 saturated carbocycles. The second-order valence-corrected chi connectivity index (χ2v) is 5.16. The van der Waals surface area contributed by atoms with Crippen molar-refractivity contribution in [2.45, 2.75) is 13.8 Å². The van der Waals surface area contributed by atoms with E-state index in [9.17, 15) is 0 Å². The minimum atomic E-state index is 0.268. The lowest BCUT2D eigenvalue weighted by atomic mass is 10.3. The molecular weight excluding hydrogens is 358 g/mol. The van der Waals surface area contributed by atoms with Crippen molar-refractivity contribution in [3.63, 3.8) is 0 Å². The maximum atomic E-state index is 6.06. The standard InChI is InChI=1S/C13H15BrClN5O/c1-3-16-11-18-12(20-13(19-11)21-4-2)17-9-7-5-6-8(15)10(9)14/h5-7H,3-4H2,1-2H3,(H2,16,17,18,19,20). The van der Waals surface area contributed by atoms with Crippen LogP contribution in [0.3, 0.4) is 0 Å². The molecule has 2 N–H and O–H groups in total. The molecule has 0 aliphatic rings. The molecule has 0 aliphatic carbocycles. The summed E-state index contributed by atoms with van der Waals surface area (Å²) in [4.78, 5) is 12.7. The van der Waals surface area contributed by atoms with Gasteiger partial charge in [0.15, 0.2) is 0 Å². The number of hydrogen-bond acceptors (Lipinski definition) is 6. The Morgan fingerprint density at radius 1 is 1.19 bits per heavy atom. The molecule has 1 aromatic heterocycles. The third-order valence-corrected chi connectivity index (χ3v) is 3.82. The van der Waals surface area contributed by atoms with Gasteiger partial charge in [-0.25, -0.2) is 0 Å². The van der Waals surface area contributed by atoms with E-state index in [4.69, 9.17) is 16.3 Å². The lowest BCUT2D eigenvalue weighted by Crippen LogP contribution is -2.09. The molecule has 0 atom stereocenters. The molecule has 112 valence electrons. The highest BCUT2D eigenvalue weighted by Crippen LogP contribution is 2.31. The Kier molecular flexibility index (Phi) is 5.58. The summed E-state index contributed by atoms with van der Waals surface area (Å²) in [5.41, 5.74) is 0.763. The predicted octanol–water partition coefficient (Wildman–Crippen LogP) is 3.86. The minimum Gasteiger partial charge on any atom is -0.464 e. The van der Waals surface area contributed by atoms with Gasteiger partial charge in [0.05, 0.1) is 21.8 Å². The molecule has 0 bridgehead atoms. The summed E-state index contributed by atoms with van der Waals surface area (Å²) >= 11 is 9.49. The zero-order valence-electron chi connectivity index (χ0n) is 11.7. The molecule has 1 aromatic carbocycles. The highest BCUT2D eigenvalue weighted by molar-refractivity contribution is 9.10. The fraction of sp³-hybridized carbons (Fsp3) is 0.308. The summed E-state index contributed by atoms with van der Waals surface area (Å²) in [6, 6.07) is 5.77. The fourth-order valence-corrected chi connectivity index (χ4v) is 2.10. The lowest BCUT2D eigenvalue weighted by Gasteiger charge is -2.11. The summed E-state index contributed by atoms with van der Waals surface area (Å²) in [6.45, 7) is 5.02. The van der Waals surface area contributed by atoms with Crippen molar-refractivity contribution in [1.82, 2.24) is 15.0 Å². The third kappa shape index (κ3) is 4.18. The largest absolute Gasteiger partial charge is 0.464 e. The molecule has 0 fully saturated rings. The van der Waals surface area contributed by atoms with E-state index in [1.807, 2.05) is 26.0 Å². The average molecular weight is 373 g/mol. The Morgan fingerprint density at radius 2 is 1.95 bits per heavy atom. The maximum absolute atomic E-state index is 6.06. The topological polar surface area (TPSA) is 72.0 Å². The van der Waals surface area contributed by atoms with Crippen molar-refractivity contribution in [1.29, 1.82) is 0 Å². The SMILES string of the molecule is CCNc1nc(Nc2cccc(Cl)c2Br)nc(OCC)n1. The molecule has 8 heteroatoms. The van der Waals surface area contributed by atoms with Crippen molar-refractivity contribution < 1.29 is 4.74 Å². The summed E-state index contributed by atoms with van der Waals surface area (Å²) in [5.74, 6) is 0.837. The van der Waals surface area contributed by atoms with Crippen LogP contribution in [0, 0.1) is 0 Å². The van der Waals surface area contributed by atoms with Crippen LogP contribution < -0.4 is 15.4 Å². The van der Waals surface area contributed by atoms with Crippen molar-refractivity contribution in [2.24, 2.45) is 0 Å². The smallest absolute Gasteiger partial charge is 0.323 e. The fourth-order valence-electron chi connectivity index (χ4n) is 1.56. The second kappa shape index (κ2) is 7.42. The zero-order chi connectivity index (χ0) is 15.2. The van der Waals surface area contributed by atoms with Crippen molar-refractivity contribution in [2.75, 3.05) is 23.8 Å². The van der Waals surface area contributed by atoms with Gasteiger partial charge in [0.2, 0.25) is 11.9 Å². The van der Waals surface area contributed by atoms with E-state index in [0.717, 1.165) is 10.2 Å². The average Bonchev–Trinajstić information content (AvgIpc) is 2.44. The van der Waals surface area contributed by atoms with Crippen molar-refractivity contribution in [3.8, 4) is 6.01 Å². The monoisotopic (exact) mass is 371 g/mol. The molecular formula is C13H15BrClN5O. The quantitative estimate of drug-likeness (QED) is 0.802. The van der Waals surface area contributed by atoms with Crippen molar-refractivity contribution >= 4 is 45.1 Å². The van der Waals surface area contributed by atoms with Gasteiger partial charge in [0.1, 0.15) is 0 Å². The van der Waals surface area contributed by atoms with Crippen LogP contribution >= 0.6 is 27.5 Å². The molecule has 0 aliphatic heterocycles. The van der Waals surface area contributed by atoms with E-state index < -0.39 is 0 Å². The molecule has 21 heavy (non-hydrogen) atoms. The van der Waals surface area contributed by atoms with E-state index in [1.165, 1.54) is 0 Å².